The number of benzene rings is 2. The van der Waals surface area contributed by atoms with Crippen LogP contribution in [0.25, 0.3) is 10.8 Å². The average molecular weight is 298 g/mol. The van der Waals surface area contributed by atoms with Crippen molar-refractivity contribution in [1.82, 2.24) is 0 Å². The van der Waals surface area contributed by atoms with Crippen molar-refractivity contribution in [3.8, 4) is 0 Å². The standard InChI is InChI=1S/C16H14N2O4/c1-9(2)8-14(19)17-13-7-6-12(18(21)22)10-4-3-5-11(15(10)13)16(17)20/h3-7,9H,8H2,1-2H3. The van der Waals surface area contributed by atoms with Gasteiger partial charge in [0.05, 0.1) is 21.6 Å². The highest BCUT2D eigenvalue weighted by molar-refractivity contribution is 6.34. The van der Waals surface area contributed by atoms with Crippen LogP contribution in [0, 0.1) is 16.0 Å². The second kappa shape index (κ2) is 4.91. The molecule has 0 bridgehead atoms. The van der Waals surface area contributed by atoms with Gasteiger partial charge in [-0.05, 0) is 24.1 Å². The van der Waals surface area contributed by atoms with Gasteiger partial charge in [-0.2, -0.15) is 0 Å². The minimum atomic E-state index is -0.480. The fourth-order valence-electron chi connectivity index (χ4n) is 2.81. The number of rotatable bonds is 3. The van der Waals surface area contributed by atoms with Gasteiger partial charge in [0.2, 0.25) is 5.91 Å². The summed E-state index contributed by atoms with van der Waals surface area (Å²) in [5, 5.41) is 12.0. The Bertz CT molecular complexity index is 826. The van der Waals surface area contributed by atoms with Crippen molar-refractivity contribution in [3.05, 3.63) is 46.0 Å². The summed E-state index contributed by atoms with van der Waals surface area (Å²) in [4.78, 5) is 36.7. The maximum Gasteiger partial charge on any atom is 0.277 e. The smallest absolute Gasteiger partial charge is 0.274 e. The van der Waals surface area contributed by atoms with Gasteiger partial charge in [-0.15, -0.1) is 0 Å². The Hall–Kier alpha value is -2.76. The average Bonchev–Trinajstić information content (AvgIpc) is 2.73. The summed E-state index contributed by atoms with van der Waals surface area (Å²) in [6.07, 6.45) is 0.248. The van der Waals surface area contributed by atoms with E-state index in [1.165, 1.54) is 12.1 Å². The van der Waals surface area contributed by atoms with E-state index < -0.39 is 10.8 Å². The highest BCUT2D eigenvalue weighted by Crippen LogP contribution is 2.41. The van der Waals surface area contributed by atoms with Gasteiger partial charge in [0.25, 0.3) is 11.6 Å². The lowest BCUT2D eigenvalue weighted by atomic mass is 10.0. The lowest BCUT2D eigenvalue weighted by Gasteiger charge is -2.16. The van der Waals surface area contributed by atoms with Gasteiger partial charge in [-0.1, -0.05) is 19.9 Å². The molecule has 2 aromatic rings. The summed E-state index contributed by atoms with van der Waals surface area (Å²) in [5.74, 6) is -0.573. The van der Waals surface area contributed by atoms with Gasteiger partial charge in [-0.25, -0.2) is 4.90 Å². The zero-order chi connectivity index (χ0) is 16.0. The predicted molar refractivity (Wildman–Crippen MR) is 81.9 cm³/mol. The van der Waals surface area contributed by atoms with Crippen molar-refractivity contribution in [2.75, 3.05) is 4.90 Å². The van der Waals surface area contributed by atoms with E-state index in [-0.39, 0.29) is 23.9 Å². The Kier molecular flexibility index (Phi) is 3.16. The largest absolute Gasteiger partial charge is 0.277 e. The van der Waals surface area contributed by atoms with Crippen molar-refractivity contribution in [3.63, 3.8) is 0 Å². The molecule has 22 heavy (non-hydrogen) atoms. The first-order chi connectivity index (χ1) is 10.4. The molecule has 6 heteroatoms. The molecular weight excluding hydrogens is 284 g/mol. The quantitative estimate of drug-likeness (QED) is 0.643. The number of hydrogen-bond donors (Lipinski definition) is 0. The first-order valence-electron chi connectivity index (χ1n) is 6.99. The van der Waals surface area contributed by atoms with Gasteiger partial charge in [0, 0.05) is 17.9 Å². The number of nitro groups is 1. The number of non-ortho nitro benzene ring substituents is 1. The number of nitro benzene ring substituents is 1. The molecule has 0 radical (unpaired) electrons. The first kappa shape index (κ1) is 14.2. The molecule has 6 nitrogen and oxygen atoms in total. The summed E-state index contributed by atoms with van der Waals surface area (Å²) in [6.45, 7) is 3.80. The van der Waals surface area contributed by atoms with E-state index in [9.17, 15) is 19.7 Å². The van der Waals surface area contributed by atoms with E-state index in [1.54, 1.807) is 18.2 Å². The topological polar surface area (TPSA) is 80.5 Å². The minimum absolute atomic E-state index is 0.0634. The third-order valence-electron chi connectivity index (χ3n) is 3.70. The van der Waals surface area contributed by atoms with Crippen LogP contribution in [0.1, 0.15) is 30.6 Å². The number of nitrogens with zero attached hydrogens (tertiary/aromatic N) is 2. The fraction of sp³-hybridized carbons (Fsp3) is 0.250. The van der Waals surface area contributed by atoms with Crippen LogP contribution in [-0.2, 0) is 4.79 Å². The normalized spacial score (nSPS) is 13.2. The van der Waals surface area contributed by atoms with Gasteiger partial charge >= 0.3 is 0 Å². The summed E-state index contributed by atoms with van der Waals surface area (Å²) in [6, 6.07) is 7.62. The maximum atomic E-state index is 12.5. The molecule has 2 amide bonds. The van der Waals surface area contributed by atoms with Crippen molar-refractivity contribution >= 4 is 34.0 Å². The van der Waals surface area contributed by atoms with Crippen LogP contribution in [-0.4, -0.2) is 16.7 Å². The van der Waals surface area contributed by atoms with E-state index in [4.69, 9.17) is 0 Å². The van der Waals surface area contributed by atoms with E-state index in [2.05, 4.69) is 0 Å². The lowest BCUT2D eigenvalue weighted by molar-refractivity contribution is -0.383. The zero-order valence-corrected chi connectivity index (χ0v) is 12.2. The van der Waals surface area contributed by atoms with Gasteiger partial charge < -0.3 is 0 Å². The molecule has 1 aliphatic rings. The van der Waals surface area contributed by atoms with Crippen molar-refractivity contribution < 1.29 is 14.5 Å². The molecule has 0 aromatic heterocycles. The van der Waals surface area contributed by atoms with Crippen LogP contribution < -0.4 is 4.90 Å². The molecule has 1 heterocycles. The Morgan fingerprint density at radius 3 is 2.64 bits per heavy atom. The van der Waals surface area contributed by atoms with Crippen molar-refractivity contribution in [1.29, 1.82) is 0 Å². The number of hydrogen-bond acceptors (Lipinski definition) is 4. The van der Waals surface area contributed by atoms with E-state index in [0.717, 1.165) is 4.90 Å². The minimum Gasteiger partial charge on any atom is -0.274 e. The van der Waals surface area contributed by atoms with E-state index in [1.807, 2.05) is 13.8 Å². The second-order valence-corrected chi connectivity index (χ2v) is 5.72. The number of carbonyl (C=O) groups is 2. The molecule has 1 aliphatic heterocycles. The summed E-state index contributed by atoms with van der Waals surface area (Å²) < 4.78 is 0. The molecular formula is C16H14N2O4. The maximum absolute atomic E-state index is 12.5. The molecule has 0 atom stereocenters. The number of carbonyl (C=O) groups excluding carboxylic acids is 2. The lowest BCUT2D eigenvalue weighted by Crippen LogP contribution is -2.34. The van der Waals surface area contributed by atoms with Crippen LogP contribution in [0.4, 0.5) is 11.4 Å². The van der Waals surface area contributed by atoms with Gasteiger partial charge in [0.15, 0.2) is 0 Å². The third-order valence-corrected chi connectivity index (χ3v) is 3.70. The van der Waals surface area contributed by atoms with Gasteiger partial charge in [0.1, 0.15) is 0 Å². The molecule has 2 aromatic carbocycles. The van der Waals surface area contributed by atoms with E-state index in [0.29, 0.717) is 22.0 Å². The number of amides is 2. The fourth-order valence-corrected chi connectivity index (χ4v) is 2.81. The van der Waals surface area contributed by atoms with Crippen LogP contribution in [0.5, 0.6) is 0 Å². The third kappa shape index (κ3) is 1.95. The molecule has 0 spiro atoms. The summed E-state index contributed by atoms with van der Waals surface area (Å²) in [5.41, 5.74) is 0.715. The van der Waals surface area contributed by atoms with Crippen molar-refractivity contribution in [2.45, 2.75) is 20.3 Å². The van der Waals surface area contributed by atoms with Crippen LogP contribution in [0.3, 0.4) is 0 Å². The Labute approximate surface area is 126 Å². The number of imide groups is 1. The Morgan fingerprint density at radius 2 is 2.00 bits per heavy atom. The Balaban J connectivity index is 2.23. The van der Waals surface area contributed by atoms with Crippen LogP contribution in [0.15, 0.2) is 30.3 Å². The van der Waals surface area contributed by atoms with Crippen molar-refractivity contribution in [2.24, 2.45) is 5.92 Å². The number of anilines is 1. The predicted octanol–water partition coefficient (Wildman–Crippen LogP) is 3.28. The zero-order valence-electron chi connectivity index (χ0n) is 12.2. The monoisotopic (exact) mass is 298 g/mol. The summed E-state index contributed by atoms with van der Waals surface area (Å²) >= 11 is 0. The van der Waals surface area contributed by atoms with E-state index >= 15 is 0 Å². The SMILES string of the molecule is CC(C)CC(=O)N1C(=O)c2cccc3c([N+](=O)[O-])ccc1c23. The molecule has 3 rings (SSSR count). The molecule has 0 N–H and O–H groups in total. The molecule has 0 fully saturated rings. The molecule has 0 unspecified atom stereocenters. The van der Waals surface area contributed by atoms with Crippen LogP contribution >= 0.6 is 0 Å². The highest BCUT2D eigenvalue weighted by atomic mass is 16.6. The van der Waals surface area contributed by atoms with Crippen LogP contribution in [0.2, 0.25) is 0 Å². The molecule has 0 saturated carbocycles. The molecule has 112 valence electrons. The molecule has 0 aliphatic carbocycles. The van der Waals surface area contributed by atoms with Gasteiger partial charge in [-0.3, -0.25) is 19.7 Å². The summed E-state index contributed by atoms with van der Waals surface area (Å²) in [7, 11) is 0. The first-order valence-corrected chi connectivity index (χ1v) is 6.99. The molecule has 0 saturated heterocycles. The Morgan fingerprint density at radius 1 is 1.27 bits per heavy atom. The second-order valence-electron chi connectivity index (χ2n) is 5.72. The highest BCUT2D eigenvalue weighted by Gasteiger charge is 2.36.